The third-order valence-corrected chi connectivity index (χ3v) is 14.2. The van der Waals surface area contributed by atoms with Crippen LogP contribution < -0.4 is 0 Å². The van der Waals surface area contributed by atoms with Crippen LogP contribution in [0.5, 0.6) is 0 Å². The SMILES string of the molecule is c1ccc(-c2ccc3c4cc(-c5ccc6c(c5)c5cc(-c7ccc8c(c7)c7ccc(-c9ccccc9)cc7n8-c7ccccc7)ccc5n6-c5ccccc5)ccc4n(-c4ccccc4)c3c2)cc1. The molecule has 0 unspecified atom stereocenters. The maximum Gasteiger partial charge on any atom is 0.0547 e. The lowest BCUT2D eigenvalue weighted by Crippen LogP contribution is -1.93. The number of benzene rings is 11. The minimum Gasteiger partial charge on any atom is -0.309 e. The van der Waals surface area contributed by atoms with Gasteiger partial charge in [0.15, 0.2) is 0 Å². The maximum absolute atomic E-state index is 2.42. The molecule has 0 saturated carbocycles. The molecular weight excluding hydrogens is 835 g/mol. The second kappa shape index (κ2) is 15.7. The quantitative estimate of drug-likeness (QED) is 0.152. The fourth-order valence-electron chi connectivity index (χ4n) is 11.0. The van der Waals surface area contributed by atoms with Gasteiger partial charge in [0.25, 0.3) is 0 Å². The molecule has 0 spiro atoms. The Balaban J connectivity index is 0.940. The number of para-hydroxylation sites is 3. The Morgan fingerprint density at radius 3 is 0.725 bits per heavy atom. The number of nitrogens with zero attached hydrogens (tertiary/aromatic N) is 3. The molecule has 322 valence electrons. The molecule has 0 fully saturated rings. The second-order valence-corrected chi connectivity index (χ2v) is 18.1. The molecule has 3 heterocycles. The molecule has 3 heteroatoms. The average molecular weight is 878 g/mol. The zero-order valence-corrected chi connectivity index (χ0v) is 37.7. The highest BCUT2D eigenvalue weighted by molar-refractivity contribution is 6.15. The van der Waals surface area contributed by atoms with Crippen LogP contribution in [0.4, 0.5) is 0 Å². The van der Waals surface area contributed by atoms with Gasteiger partial charge in [-0.15, -0.1) is 0 Å². The van der Waals surface area contributed by atoms with E-state index < -0.39 is 0 Å². The molecule has 0 radical (unpaired) electrons. The zero-order chi connectivity index (χ0) is 45.4. The zero-order valence-electron chi connectivity index (χ0n) is 37.7. The summed E-state index contributed by atoms with van der Waals surface area (Å²) in [6.07, 6.45) is 0. The topological polar surface area (TPSA) is 14.8 Å². The van der Waals surface area contributed by atoms with Crippen LogP contribution in [0.3, 0.4) is 0 Å². The van der Waals surface area contributed by atoms with E-state index in [2.05, 4.69) is 275 Å². The van der Waals surface area contributed by atoms with Gasteiger partial charge in [-0.1, -0.05) is 164 Å². The maximum atomic E-state index is 2.42. The molecule has 0 atom stereocenters. The predicted octanol–water partition coefficient (Wildman–Crippen LogP) is 17.6. The highest BCUT2D eigenvalue weighted by Gasteiger charge is 2.19. The van der Waals surface area contributed by atoms with Crippen LogP contribution in [0.25, 0.3) is 127 Å². The van der Waals surface area contributed by atoms with Gasteiger partial charge in [0.05, 0.1) is 33.1 Å². The van der Waals surface area contributed by atoms with Crippen LogP contribution in [-0.2, 0) is 0 Å². The van der Waals surface area contributed by atoms with E-state index in [4.69, 9.17) is 0 Å². The van der Waals surface area contributed by atoms with Gasteiger partial charge in [0.2, 0.25) is 0 Å². The summed E-state index contributed by atoms with van der Waals surface area (Å²) in [5.41, 5.74) is 20.2. The minimum atomic E-state index is 1.15. The summed E-state index contributed by atoms with van der Waals surface area (Å²) >= 11 is 0. The van der Waals surface area contributed by atoms with Crippen molar-refractivity contribution in [3.8, 4) is 61.6 Å². The van der Waals surface area contributed by atoms with Crippen molar-refractivity contribution < 1.29 is 0 Å². The standard InChI is InChI=1S/C66H43N3/c1-6-16-44(17-7-1)50-26-32-55-57-38-46(28-34-61(57)68(65(55)42-50)53-22-12-4-13-23-53)48-30-36-63-59(40-48)60-41-49(31-37-64(60)67(63)52-20-10-3-11-21-52)47-29-35-62-58(39-47)56-33-27-51(45-18-8-2-9-19-45)43-66(56)69(62)54-24-14-5-15-25-54/h1-43H. The largest absolute Gasteiger partial charge is 0.309 e. The van der Waals surface area contributed by atoms with Crippen molar-refractivity contribution in [2.75, 3.05) is 0 Å². The molecule has 14 aromatic rings. The first-order chi connectivity index (χ1) is 34.2. The van der Waals surface area contributed by atoms with E-state index in [1.54, 1.807) is 0 Å². The molecule has 0 N–H and O–H groups in total. The van der Waals surface area contributed by atoms with Crippen LogP contribution in [0.1, 0.15) is 0 Å². The summed E-state index contributed by atoms with van der Waals surface area (Å²) in [5, 5.41) is 7.40. The van der Waals surface area contributed by atoms with Crippen molar-refractivity contribution in [3.63, 3.8) is 0 Å². The van der Waals surface area contributed by atoms with Gasteiger partial charge in [0.1, 0.15) is 0 Å². The van der Waals surface area contributed by atoms with Crippen molar-refractivity contribution in [2.24, 2.45) is 0 Å². The van der Waals surface area contributed by atoms with Crippen molar-refractivity contribution in [1.29, 1.82) is 0 Å². The molecule has 0 bridgehead atoms. The Labute approximate surface area is 399 Å². The average Bonchev–Trinajstić information content (AvgIpc) is 4.06. The Morgan fingerprint density at radius 2 is 0.406 bits per heavy atom. The van der Waals surface area contributed by atoms with Crippen molar-refractivity contribution in [1.82, 2.24) is 13.7 Å². The Kier molecular flexibility index (Phi) is 8.90. The van der Waals surface area contributed by atoms with Crippen LogP contribution in [0.15, 0.2) is 261 Å². The van der Waals surface area contributed by atoms with Crippen LogP contribution in [0.2, 0.25) is 0 Å². The van der Waals surface area contributed by atoms with Gasteiger partial charge in [-0.25, -0.2) is 0 Å². The lowest BCUT2D eigenvalue weighted by Gasteiger charge is -2.10. The Morgan fingerprint density at radius 1 is 0.159 bits per heavy atom. The van der Waals surface area contributed by atoms with E-state index in [0.717, 1.165) is 17.1 Å². The summed E-state index contributed by atoms with van der Waals surface area (Å²) in [6, 6.07) is 95.5. The fourth-order valence-corrected chi connectivity index (χ4v) is 11.0. The smallest absolute Gasteiger partial charge is 0.0547 e. The van der Waals surface area contributed by atoms with E-state index in [0.29, 0.717) is 0 Å². The van der Waals surface area contributed by atoms with E-state index >= 15 is 0 Å². The van der Waals surface area contributed by atoms with E-state index in [-0.39, 0.29) is 0 Å². The first-order valence-electron chi connectivity index (χ1n) is 23.7. The number of aromatic nitrogens is 3. The second-order valence-electron chi connectivity index (χ2n) is 18.1. The van der Waals surface area contributed by atoms with E-state index in [9.17, 15) is 0 Å². The van der Waals surface area contributed by atoms with Crippen LogP contribution in [0, 0.1) is 0 Å². The van der Waals surface area contributed by atoms with Gasteiger partial charge in [-0.05, 0) is 142 Å². The van der Waals surface area contributed by atoms with Gasteiger partial charge >= 0.3 is 0 Å². The lowest BCUT2D eigenvalue weighted by molar-refractivity contribution is 1.18. The van der Waals surface area contributed by atoms with E-state index in [1.165, 1.54) is 110 Å². The number of hydrogen-bond acceptors (Lipinski definition) is 0. The summed E-state index contributed by atoms with van der Waals surface area (Å²) in [4.78, 5) is 0. The highest BCUT2D eigenvalue weighted by atomic mass is 15.0. The van der Waals surface area contributed by atoms with E-state index in [1.807, 2.05) is 0 Å². The van der Waals surface area contributed by atoms with Crippen molar-refractivity contribution in [3.05, 3.63) is 261 Å². The molecule has 0 aliphatic heterocycles. The Bertz CT molecular complexity index is 4000. The monoisotopic (exact) mass is 877 g/mol. The molecule has 14 rings (SSSR count). The van der Waals surface area contributed by atoms with Crippen molar-refractivity contribution >= 4 is 65.4 Å². The molecule has 0 amide bonds. The normalized spacial score (nSPS) is 11.8. The first-order valence-corrected chi connectivity index (χ1v) is 23.7. The number of rotatable bonds is 7. The lowest BCUT2D eigenvalue weighted by atomic mass is 9.98. The fraction of sp³-hybridized carbons (Fsp3) is 0. The Hall–Kier alpha value is -9.18. The molecular formula is C66H43N3. The van der Waals surface area contributed by atoms with Gasteiger partial charge < -0.3 is 13.7 Å². The predicted molar refractivity (Wildman–Crippen MR) is 291 cm³/mol. The third-order valence-electron chi connectivity index (χ3n) is 14.2. The number of hydrogen-bond donors (Lipinski definition) is 0. The van der Waals surface area contributed by atoms with Crippen LogP contribution in [-0.4, -0.2) is 13.7 Å². The molecule has 0 aliphatic rings. The number of fused-ring (bicyclic) bond motifs is 9. The van der Waals surface area contributed by atoms with Crippen LogP contribution >= 0.6 is 0 Å². The summed E-state index contributed by atoms with van der Waals surface area (Å²) in [6.45, 7) is 0. The molecule has 69 heavy (non-hydrogen) atoms. The highest BCUT2D eigenvalue weighted by Crippen LogP contribution is 2.42. The van der Waals surface area contributed by atoms with Crippen molar-refractivity contribution in [2.45, 2.75) is 0 Å². The third kappa shape index (κ3) is 6.36. The molecule has 3 aromatic heterocycles. The molecule has 0 aliphatic carbocycles. The molecule has 0 saturated heterocycles. The van der Waals surface area contributed by atoms with Gasteiger partial charge in [-0.3, -0.25) is 0 Å². The van der Waals surface area contributed by atoms with Gasteiger partial charge in [0, 0.05) is 49.4 Å². The van der Waals surface area contributed by atoms with Gasteiger partial charge in [-0.2, -0.15) is 0 Å². The first kappa shape index (κ1) is 39.0. The molecule has 3 nitrogen and oxygen atoms in total. The summed E-state index contributed by atoms with van der Waals surface area (Å²) in [5.74, 6) is 0. The molecule has 11 aromatic carbocycles. The summed E-state index contributed by atoms with van der Waals surface area (Å²) < 4.78 is 7.25. The minimum absolute atomic E-state index is 1.15. The summed E-state index contributed by atoms with van der Waals surface area (Å²) in [7, 11) is 0.